The molecule has 2 aliphatic rings. The maximum Gasteiger partial charge on any atom is 0.258 e. The van der Waals surface area contributed by atoms with E-state index in [1.54, 1.807) is 16.7 Å². The molecule has 0 radical (unpaired) electrons. The summed E-state index contributed by atoms with van der Waals surface area (Å²) in [6, 6.07) is 11.9. The highest BCUT2D eigenvalue weighted by atomic mass is 79.9. The van der Waals surface area contributed by atoms with Crippen LogP contribution in [0.3, 0.4) is 0 Å². The molecule has 5 rings (SSSR count). The molecule has 0 saturated carbocycles. The normalized spacial score (nSPS) is 19.2. The van der Waals surface area contributed by atoms with Gasteiger partial charge in [0.15, 0.2) is 11.5 Å². The molecule has 4 heterocycles. The second-order valence-electron chi connectivity index (χ2n) is 7.19. The number of aromatic nitrogens is 2. The lowest BCUT2D eigenvalue weighted by molar-refractivity contribution is 0.170. The SMILES string of the molecule is O=c1cc(CN2CCCC2c2ccc3c(c2)OCCO3)nc2ccc(Br)cn12. The summed E-state index contributed by atoms with van der Waals surface area (Å²) in [6.07, 6.45) is 3.96. The van der Waals surface area contributed by atoms with Gasteiger partial charge in [0, 0.05) is 29.3 Å². The van der Waals surface area contributed by atoms with E-state index in [1.165, 1.54) is 5.56 Å². The van der Waals surface area contributed by atoms with Crippen LogP contribution in [0.5, 0.6) is 11.5 Å². The number of likely N-dealkylation sites (tertiary alicyclic amines) is 1. The lowest BCUT2D eigenvalue weighted by Crippen LogP contribution is -2.25. The van der Waals surface area contributed by atoms with Crippen LogP contribution in [0.1, 0.15) is 30.1 Å². The molecule has 2 aliphatic heterocycles. The molecule has 144 valence electrons. The van der Waals surface area contributed by atoms with Crippen LogP contribution in [0, 0.1) is 0 Å². The molecule has 7 heteroatoms. The Morgan fingerprint density at radius 2 is 1.96 bits per heavy atom. The van der Waals surface area contributed by atoms with Crippen molar-refractivity contribution in [3.63, 3.8) is 0 Å². The van der Waals surface area contributed by atoms with Crippen molar-refractivity contribution in [2.45, 2.75) is 25.4 Å². The third kappa shape index (κ3) is 3.29. The van der Waals surface area contributed by atoms with Gasteiger partial charge in [0.1, 0.15) is 18.9 Å². The van der Waals surface area contributed by atoms with E-state index in [4.69, 9.17) is 14.5 Å². The summed E-state index contributed by atoms with van der Waals surface area (Å²) in [5, 5.41) is 0. The van der Waals surface area contributed by atoms with Gasteiger partial charge in [-0.3, -0.25) is 14.1 Å². The van der Waals surface area contributed by atoms with E-state index >= 15 is 0 Å². The van der Waals surface area contributed by atoms with Crippen molar-refractivity contribution in [1.29, 1.82) is 0 Å². The molecule has 0 amide bonds. The molecule has 28 heavy (non-hydrogen) atoms. The van der Waals surface area contributed by atoms with Crippen LogP contribution in [0.25, 0.3) is 5.65 Å². The molecule has 1 saturated heterocycles. The number of nitrogens with zero attached hydrogens (tertiary/aromatic N) is 3. The van der Waals surface area contributed by atoms with Crippen LogP contribution in [0.2, 0.25) is 0 Å². The number of pyridine rings is 1. The third-order valence-electron chi connectivity index (χ3n) is 5.36. The van der Waals surface area contributed by atoms with Gasteiger partial charge >= 0.3 is 0 Å². The quantitative estimate of drug-likeness (QED) is 0.621. The topological polar surface area (TPSA) is 56.1 Å². The second kappa shape index (κ2) is 7.22. The summed E-state index contributed by atoms with van der Waals surface area (Å²) in [4.78, 5) is 19.6. The maximum absolute atomic E-state index is 12.5. The molecular formula is C21H20BrN3O3. The molecule has 3 aromatic rings. The first-order valence-corrected chi connectivity index (χ1v) is 10.3. The Kier molecular flexibility index (Phi) is 4.56. The Morgan fingerprint density at radius 3 is 2.86 bits per heavy atom. The Labute approximate surface area is 170 Å². The van der Waals surface area contributed by atoms with Crippen LogP contribution in [-0.2, 0) is 6.54 Å². The van der Waals surface area contributed by atoms with Gasteiger partial charge in [0.25, 0.3) is 5.56 Å². The molecule has 1 fully saturated rings. The van der Waals surface area contributed by atoms with E-state index in [0.29, 0.717) is 31.4 Å². The van der Waals surface area contributed by atoms with Crippen molar-refractivity contribution >= 4 is 21.6 Å². The lowest BCUT2D eigenvalue weighted by Gasteiger charge is -2.26. The van der Waals surface area contributed by atoms with Crippen LogP contribution in [-0.4, -0.2) is 34.0 Å². The number of fused-ring (bicyclic) bond motifs is 2. The fourth-order valence-electron chi connectivity index (χ4n) is 4.08. The molecule has 2 aromatic heterocycles. The molecule has 0 spiro atoms. The number of halogens is 1. The standard InChI is InChI=1S/C21H20BrN3O3/c22-15-4-6-20-23-16(11-21(26)25(20)12-15)13-24-7-1-2-17(24)14-3-5-18-19(10-14)28-9-8-27-18/h3-6,10-12,17H,1-2,7-9,13H2. The Bertz CT molecular complexity index is 1100. The summed E-state index contributed by atoms with van der Waals surface area (Å²) in [7, 11) is 0. The molecule has 0 aliphatic carbocycles. The highest BCUT2D eigenvalue weighted by Crippen LogP contribution is 2.38. The molecular weight excluding hydrogens is 422 g/mol. The predicted octanol–water partition coefficient (Wildman–Crippen LogP) is 3.57. The molecule has 6 nitrogen and oxygen atoms in total. The van der Waals surface area contributed by atoms with Crippen LogP contribution in [0.4, 0.5) is 0 Å². The number of hydrogen-bond donors (Lipinski definition) is 0. The zero-order valence-electron chi connectivity index (χ0n) is 15.3. The first kappa shape index (κ1) is 17.7. The Hall–Kier alpha value is -2.38. The van der Waals surface area contributed by atoms with E-state index in [9.17, 15) is 4.79 Å². The highest BCUT2D eigenvalue weighted by molar-refractivity contribution is 9.10. The van der Waals surface area contributed by atoms with Crippen molar-refractivity contribution in [2.75, 3.05) is 19.8 Å². The average Bonchev–Trinajstić information content (AvgIpc) is 3.16. The number of hydrogen-bond acceptors (Lipinski definition) is 5. The minimum absolute atomic E-state index is 0.0589. The van der Waals surface area contributed by atoms with E-state index in [-0.39, 0.29) is 5.56 Å². The Morgan fingerprint density at radius 1 is 1.11 bits per heavy atom. The maximum atomic E-state index is 12.5. The van der Waals surface area contributed by atoms with Gasteiger partial charge < -0.3 is 9.47 Å². The summed E-state index contributed by atoms with van der Waals surface area (Å²) in [5.74, 6) is 1.64. The largest absolute Gasteiger partial charge is 0.486 e. The van der Waals surface area contributed by atoms with E-state index in [1.807, 2.05) is 18.2 Å². The minimum atomic E-state index is -0.0589. The van der Waals surface area contributed by atoms with Gasteiger partial charge in [-0.1, -0.05) is 6.07 Å². The molecule has 0 N–H and O–H groups in total. The first-order chi connectivity index (χ1) is 13.7. The van der Waals surface area contributed by atoms with E-state index in [2.05, 4.69) is 33.0 Å². The van der Waals surface area contributed by atoms with Gasteiger partial charge in [-0.2, -0.15) is 0 Å². The summed E-state index contributed by atoms with van der Waals surface area (Å²) in [6.45, 7) is 2.83. The minimum Gasteiger partial charge on any atom is -0.486 e. The van der Waals surface area contributed by atoms with E-state index in [0.717, 1.165) is 41.1 Å². The average molecular weight is 442 g/mol. The van der Waals surface area contributed by atoms with Crippen LogP contribution >= 0.6 is 15.9 Å². The number of benzene rings is 1. The molecule has 1 aromatic carbocycles. The fraction of sp³-hybridized carbons (Fsp3) is 0.333. The highest BCUT2D eigenvalue weighted by Gasteiger charge is 2.28. The van der Waals surface area contributed by atoms with Crippen molar-refractivity contribution in [3.8, 4) is 11.5 Å². The summed E-state index contributed by atoms with van der Waals surface area (Å²) >= 11 is 3.40. The zero-order valence-corrected chi connectivity index (χ0v) is 16.9. The Balaban J connectivity index is 1.42. The molecule has 1 unspecified atom stereocenters. The molecule has 1 atom stereocenters. The zero-order chi connectivity index (χ0) is 19.1. The fourth-order valence-corrected chi connectivity index (χ4v) is 4.41. The number of ether oxygens (including phenoxy) is 2. The van der Waals surface area contributed by atoms with E-state index < -0.39 is 0 Å². The van der Waals surface area contributed by atoms with Crippen molar-refractivity contribution in [2.24, 2.45) is 0 Å². The third-order valence-corrected chi connectivity index (χ3v) is 5.83. The van der Waals surface area contributed by atoms with Gasteiger partial charge in [0.05, 0.1) is 5.69 Å². The van der Waals surface area contributed by atoms with Gasteiger partial charge in [-0.15, -0.1) is 0 Å². The molecule has 0 bridgehead atoms. The predicted molar refractivity (Wildman–Crippen MR) is 109 cm³/mol. The summed E-state index contributed by atoms with van der Waals surface area (Å²) < 4.78 is 13.8. The first-order valence-electron chi connectivity index (χ1n) is 9.49. The lowest BCUT2D eigenvalue weighted by atomic mass is 10.0. The number of rotatable bonds is 3. The van der Waals surface area contributed by atoms with Gasteiger partial charge in [0.2, 0.25) is 0 Å². The van der Waals surface area contributed by atoms with Gasteiger partial charge in [-0.05, 0) is 65.1 Å². The van der Waals surface area contributed by atoms with Crippen molar-refractivity contribution < 1.29 is 9.47 Å². The second-order valence-corrected chi connectivity index (χ2v) is 8.11. The van der Waals surface area contributed by atoms with Crippen molar-refractivity contribution in [3.05, 3.63) is 68.7 Å². The van der Waals surface area contributed by atoms with Gasteiger partial charge in [-0.25, -0.2) is 4.98 Å². The smallest absolute Gasteiger partial charge is 0.258 e. The monoisotopic (exact) mass is 441 g/mol. The van der Waals surface area contributed by atoms with Crippen LogP contribution < -0.4 is 15.0 Å². The van der Waals surface area contributed by atoms with Crippen molar-refractivity contribution in [1.82, 2.24) is 14.3 Å². The summed E-state index contributed by atoms with van der Waals surface area (Å²) in [5.41, 5.74) is 2.64. The van der Waals surface area contributed by atoms with Crippen LogP contribution in [0.15, 0.2) is 51.9 Å².